The molecule has 1 aliphatic heterocycles. The van der Waals surface area contributed by atoms with Crippen LogP contribution in [0.3, 0.4) is 0 Å². The lowest BCUT2D eigenvalue weighted by Gasteiger charge is -2.17. The first-order valence-corrected chi connectivity index (χ1v) is 6.01. The number of likely N-dealkylation sites (tertiary alicyclic amines) is 1. The summed E-state index contributed by atoms with van der Waals surface area (Å²) in [4.78, 5) is 6.70. The molecule has 2 heterocycles. The number of aliphatic hydroxyl groups is 1. The number of aryl methyl sites for hydroxylation is 1. The van der Waals surface area contributed by atoms with Crippen LogP contribution in [0.2, 0.25) is 0 Å². The maximum Gasteiger partial charge on any atom is 0.128 e. The Balaban J connectivity index is 2.16. The molecular weight excluding hydrogens is 216 g/mol. The van der Waals surface area contributed by atoms with Crippen LogP contribution in [0.4, 0.5) is 0 Å². The van der Waals surface area contributed by atoms with Crippen molar-refractivity contribution in [3.05, 3.63) is 23.0 Å². The van der Waals surface area contributed by atoms with E-state index in [1.165, 1.54) is 0 Å². The molecule has 1 aromatic heterocycles. The van der Waals surface area contributed by atoms with Gasteiger partial charge in [-0.2, -0.15) is 0 Å². The van der Waals surface area contributed by atoms with Crippen LogP contribution >= 0.6 is 0 Å². The average molecular weight is 236 g/mol. The second-order valence-electron chi connectivity index (χ2n) is 4.72. The zero-order valence-electron chi connectivity index (χ0n) is 10.7. The van der Waals surface area contributed by atoms with Gasteiger partial charge in [-0.05, 0) is 20.3 Å². The quantitative estimate of drug-likeness (QED) is 0.858. The van der Waals surface area contributed by atoms with Gasteiger partial charge in [-0.25, -0.2) is 0 Å². The van der Waals surface area contributed by atoms with Crippen LogP contribution in [0.1, 0.15) is 23.2 Å². The highest BCUT2D eigenvalue weighted by Gasteiger charge is 2.21. The first-order chi connectivity index (χ1) is 8.11. The van der Waals surface area contributed by atoms with Crippen molar-refractivity contribution >= 4 is 0 Å². The monoisotopic (exact) mass is 236 g/mol. The minimum atomic E-state index is -0.178. The van der Waals surface area contributed by atoms with Crippen molar-refractivity contribution in [1.29, 1.82) is 0 Å². The molecule has 0 amide bonds. The smallest absolute Gasteiger partial charge is 0.128 e. The highest BCUT2D eigenvalue weighted by molar-refractivity contribution is 5.41. The Bertz CT molecular complexity index is 407. The molecule has 0 aliphatic carbocycles. The van der Waals surface area contributed by atoms with Gasteiger partial charge in [-0.3, -0.25) is 9.88 Å². The number of hydrogen-bond donors (Lipinski definition) is 1. The molecule has 4 heteroatoms. The van der Waals surface area contributed by atoms with Crippen LogP contribution in [0.5, 0.6) is 5.75 Å². The van der Waals surface area contributed by atoms with Gasteiger partial charge < -0.3 is 9.84 Å². The number of aliphatic hydroxyl groups excluding tert-OH is 1. The summed E-state index contributed by atoms with van der Waals surface area (Å²) in [5.74, 6) is 0.926. The number of ether oxygens (including phenoxy) is 1. The summed E-state index contributed by atoms with van der Waals surface area (Å²) in [5.41, 5.74) is 3.21. The first kappa shape index (κ1) is 12.3. The third-order valence-electron chi connectivity index (χ3n) is 3.37. The molecule has 1 saturated heterocycles. The fourth-order valence-corrected chi connectivity index (χ4v) is 2.40. The SMILES string of the molecule is COc1c(C)cnc(CN2CC[C@H](O)C2)c1C. The Morgan fingerprint density at radius 2 is 2.29 bits per heavy atom. The number of methoxy groups -OCH3 is 1. The molecular formula is C13H20N2O2. The average Bonchev–Trinajstić information content (AvgIpc) is 2.69. The molecule has 0 unspecified atom stereocenters. The van der Waals surface area contributed by atoms with Crippen LogP contribution in [0, 0.1) is 13.8 Å². The number of rotatable bonds is 3. The Morgan fingerprint density at radius 1 is 1.53 bits per heavy atom. The van der Waals surface area contributed by atoms with Crippen LogP contribution in [-0.2, 0) is 6.54 Å². The molecule has 0 saturated carbocycles. The molecule has 17 heavy (non-hydrogen) atoms. The molecule has 4 nitrogen and oxygen atoms in total. The topological polar surface area (TPSA) is 45.6 Å². The molecule has 1 aliphatic rings. The van der Waals surface area contributed by atoms with Gasteiger partial charge in [-0.15, -0.1) is 0 Å². The lowest BCUT2D eigenvalue weighted by atomic mass is 10.1. The van der Waals surface area contributed by atoms with Crippen molar-refractivity contribution in [3.8, 4) is 5.75 Å². The third kappa shape index (κ3) is 2.58. The van der Waals surface area contributed by atoms with Gasteiger partial charge in [0.25, 0.3) is 0 Å². The number of pyridine rings is 1. The van der Waals surface area contributed by atoms with Gasteiger partial charge in [0.2, 0.25) is 0 Å². The van der Waals surface area contributed by atoms with E-state index < -0.39 is 0 Å². The van der Waals surface area contributed by atoms with E-state index in [-0.39, 0.29) is 6.10 Å². The van der Waals surface area contributed by atoms with Crippen molar-refractivity contribution in [2.45, 2.75) is 32.9 Å². The van der Waals surface area contributed by atoms with Gasteiger partial charge in [0, 0.05) is 37.0 Å². The standard InChI is InChI=1S/C13H20N2O2/c1-9-6-14-12(10(2)13(9)17-3)8-15-5-4-11(16)7-15/h6,11,16H,4-5,7-8H2,1-3H3/t11-/m0/s1. The second-order valence-corrected chi connectivity index (χ2v) is 4.72. The molecule has 1 N–H and O–H groups in total. The summed E-state index contributed by atoms with van der Waals surface area (Å²) in [6, 6.07) is 0. The largest absolute Gasteiger partial charge is 0.496 e. The highest BCUT2D eigenvalue weighted by atomic mass is 16.5. The maximum absolute atomic E-state index is 9.51. The van der Waals surface area contributed by atoms with E-state index in [9.17, 15) is 5.11 Å². The molecule has 1 fully saturated rings. The second kappa shape index (κ2) is 5.02. The predicted molar refractivity (Wildman–Crippen MR) is 66.2 cm³/mol. The number of aromatic nitrogens is 1. The Labute approximate surface area is 102 Å². The van der Waals surface area contributed by atoms with Crippen LogP contribution in [-0.4, -0.2) is 41.3 Å². The summed E-state index contributed by atoms with van der Waals surface area (Å²) >= 11 is 0. The van der Waals surface area contributed by atoms with Crippen molar-refractivity contribution < 1.29 is 9.84 Å². The summed E-state index contributed by atoms with van der Waals surface area (Å²) < 4.78 is 5.39. The fourth-order valence-electron chi connectivity index (χ4n) is 2.40. The van der Waals surface area contributed by atoms with Crippen LogP contribution < -0.4 is 4.74 Å². The summed E-state index contributed by atoms with van der Waals surface area (Å²) in [6.07, 6.45) is 2.54. The lowest BCUT2D eigenvalue weighted by molar-refractivity contribution is 0.174. The van der Waals surface area contributed by atoms with Gasteiger partial charge in [-0.1, -0.05) is 0 Å². The summed E-state index contributed by atoms with van der Waals surface area (Å²) in [5, 5.41) is 9.51. The molecule has 2 rings (SSSR count). The zero-order chi connectivity index (χ0) is 12.4. The third-order valence-corrected chi connectivity index (χ3v) is 3.37. The lowest BCUT2D eigenvalue weighted by Crippen LogP contribution is -2.22. The fraction of sp³-hybridized carbons (Fsp3) is 0.615. The molecule has 0 radical (unpaired) electrons. The Kier molecular flexibility index (Phi) is 3.64. The molecule has 1 atom stereocenters. The van der Waals surface area contributed by atoms with E-state index in [4.69, 9.17) is 4.74 Å². The molecule has 94 valence electrons. The van der Waals surface area contributed by atoms with E-state index in [0.717, 1.165) is 48.6 Å². The van der Waals surface area contributed by atoms with E-state index in [0.29, 0.717) is 0 Å². The van der Waals surface area contributed by atoms with Crippen LogP contribution in [0.25, 0.3) is 0 Å². The van der Waals surface area contributed by atoms with Crippen molar-refractivity contribution in [2.75, 3.05) is 20.2 Å². The van der Waals surface area contributed by atoms with Gasteiger partial charge in [0.05, 0.1) is 18.9 Å². The van der Waals surface area contributed by atoms with Crippen LogP contribution in [0.15, 0.2) is 6.20 Å². The predicted octanol–water partition coefficient (Wildman–Crippen LogP) is 1.27. The minimum absolute atomic E-state index is 0.178. The van der Waals surface area contributed by atoms with E-state index in [1.54, 1.807) is 7.11 Å². The minimum Gasteiger partial charge on any atom is -0.496 e. The molecule has 0 spiro atoms. The Hall–Kier alpha value is -1.13. The molecule has 0 bridgehead atoms. The van der Waals surface area contributed by atoms with E-state index in [2.05, 4.69) is 9.88 Å². The van der Waals surface area contributed by atoms with Gasteiger partial charge in [0.1, 0.15) is 5.75 Å². The van der Waals surface area contributed by atoms with Crippen molar-refractivity contribution in [2.24, 2.45) is 0 Å². The van der Waals surface area contributed by atoms with Gasteiger partial charge >= 0.3 is 0 Å². The maximum atomic E-state index is 9.51. The number of β-amino-alcohol motifs (C(OH)–C–C–N with tert-alkyl or cyclic N) is 1. The summed E-state index contributed by atoms with van der Waals surface area (Å²) in [6.45, 7) is 6.53. The first-order valence-electron chi connectivity index (χ1n) is 6.01. The Morgan fingerprint density at radius 3 is 2.88 bits per heavy atom. The molecule has 1 aromatic rings. The van der Waals surface area contributed by atoms with E-state index in [1.807, 2.05) is 20.0 Å². The highest BCUT2D eigenvalue weighted by Crippen LogP contribution is 2.25. The number of hydrogen-bond acceptors (Lipinski definition) is 4. The van der Waals surface area contributed by atoms with Crippen molar-refractivity contribution in [3.63, 3.8) is 0 Å². The summed E-state index contributed by atoms with van der Waals surface area (Å²) in [7, 11) is 1.69. The normalized spacial score (nSPS) is 20.8. The number of nitrogens with zero attached hydrogens (tertiary/aromatic N) is 2. The van der Waals surface area contributed by atoms with Crippen molar-refractivity contribution in [1.82, 2.24) is 9.88 Å². The zero-order valence-corrected chi connectivity index (χ0v) is 10.7. The molecule has 0 aromatic carbocycles. The van der Waals surface area contributed by atoms with Gasteiger partial charge in [0.15, 0.2) is 0 Å². The van der Waals surface area contributed by atoms with E-state index >= 15 is 0 Å².